The molecule has 2 aromatic heterocycles. The number of benzene rings is 2. The fourth-order valence-corrected chi connectivity index (χ4v) is 2.93. The fraction of sp³-hybridized carbons (Fsp3) is 0.130. The van der Waals surface area contributed by atoms with Crippen molar-refractivity contribution in [1.29, 1.82) is 0 Å². The van der Waals surface area contributed by atoms with Gasteiger partial charge in [-0.2, -0.15) is 0 Å². The van der Waals surface area contributed by atoms with E-state index in [2.05, 4.69) is 17.4 Å². The quantitative estimate of drug-likeness (QED) is 0.541. The molecular weight excluding hydrogens is 352 g/mol. The molecule has 5 nitrogen and oxygen atoms in total. The highest BCUT2D eigenvalue weighted by atomic mass is 16.5. The van der Waals surface area contributed by atoms with E-state index in [4.69, 9.17) is 14.1 Å². The van der Waals surface area contributed by atoms with E-state index < -0.39 is 0 Å². The van der Waals surface area contributed by atoms with Crippen LogP contribution in [0, 0.1) is 6.92 Å². The summed E-state index contributed by atoms with van der Waals surface area (Å²) in [6.07, 6.45) is 1.58. The van der Waals surface area contributed by atoms with E-state index >= 15 is 0 Å². The topological polar surface area (TPSA) is 64.4 Å². The standard InChI is InChI=1S/C23H20N2O3/c1-16-8-10-17(11-9-16)21-13-22(19-6-2-3-7-20(19)25-21)28-15-23(26)24-14-18-5-4-12-27-18/h2-13H,14-15H2,1H3,(H,24,26). The molecule has 1 N–H and O–H groups in total. The Morgan fingerprint density at radius 3 is 2.68 bits per heavy atom. The molecule has 0 spiro atoms. The van der Waals surface area contributed by atoms with Crippen molar-refractivity contribution >= 4 is 16.8 Å². The molecule has 140 valence electrons. The third-order valence-electron chi connectivity index (χ3n) is 4.42. The van der Waals surface area contributed by atoms with Crippen molar-refractivity contribution in [2.24, 2.45) is 0 Å². The van der Waals surface area contributed by atoms with Crippen molar-refractivity contribution in [3.05, 3.63) is 84.3 Å². The van der Waals surface area contributed by atoms with Crippen LogP contribution in [0.25, 0.3) is 22.2 Å². The van der Waals surface area contributed by atoms with Crippen LogP contribution in [0.2, 0.25) is 0 Å². The second-order valence-electron chi connectivity index (χ2n) is 6.53. The molecule has 2 heterocycles. The lowest BCUT2D eigenvalue weighted by Gasteiger charge is -2.12. The van der Waals surface area contributed by atoms with Crippen molar-refractivity contribution in [3.8, 4) is 17.0 Å². The van der Waals surface area contributed by atoms with Gasteiger partial charge in [-0.25, -0.2) is 4.98 Å². The Bertz CT molecular complexity index is 1090. The average molecular weight is 372 g/mol. The number of para-hydroxylation sites is 1. The van der Waals surface area contributed by atoms with Crippen LogP contribution < -0.4 is 10.1 Å². The zero-order chi connectivity index (χ0) is 19.3. The van der Waals surface area contributed by atoms with E-state index in [-0.39, 0.29) is 12.5 Å². The number of carbonyl (C=O) groups is 1. The molecule has 28 heavy (non-hydrogen) atoms. The van der Waals surface area contributed by atoms with E-state index in [1.807, 2.05) is 55.5 Å². The highest BCUT2D eigenvalue weighted by Gasteiger charge is 2.11. The van der Waals surface area contributed by atoms with Gasteiger partial charge in [0.1, 0.15) is 11.5 Å². The Kier molecular flexibility index (Phi) is 5.06. The maximum Gasteiger partial charge on any atom is 0.258 e. The maximum atomic E-state index is 12.1. The number of rotatable bonds is 6. The molecule has 0 aliphatic heterocycles. The average Bonchev–Trinajstić information content (AvgIpc) is 3.24. The first-order valence-corrected chi connectivity index (χ1v) is 9.08. The number of furan rings is 1. The summed E-state index contributed by atoms with van der Waals surface area (Å²) in [5.41, 5.74) is 3.83. The van der Waals surface area contributed by atoms with Gasteiger partial charge in [-0.15, -0.1) is 0 Å². The zero-order valence-electron chi connectivity index (χ0n) is 15.5. The molecule has 0 radical (unpaired) electrons. The van der Waals surface area contributed by atoms with Gasteiger partial charge in [0.15, 0.2) is 6.61 Å². The zero-order valence-corrected chi connectivity index (χ0v) is 15.5. The molecule has 0 aliphatic carbocycles. The summed E-state index contributed by atoms with van der Waals surface area (Å²) in [6.45, 7) is 2.30. The lowest BCUT2D eigenvalue weighted by atomic mass is 10.1. The number of aromatic nitrogens is 1. The SMILES string of the molecule is Cc1ccc(-c2cc(OCC(=O)NCc3ccco3)c3ccccc3n2)cc1. The molecule has 4 aromatic rings. The fourth-order valence-electron chi connectivity index (χ4n) is 2.93. The second kappa shape index (κ2) is 7.96. The van der Waals surface area contributed by atoms with Crippen LogP contribution >= 0.6 is 0 Å². The van der Waals surface area contributed by atoms with Crippen LogP contribution in [0.15, 0.2) is 77.4 Å². The van der Waals surface area contributed by atoms with Gasteiger partial charge < -0.3 is 14.5 Å². The largest absolute Gasteiger partial charge is 0.483 e. The summed E-state index contributed by atoms with van der Waals surface area (Å²) >= 11 is 0. The molecule has 1 amide bonds. The van der Waals surface area contributed by atoms with Crippen LogP contribution in [0.3, 0.4) is 0 Å². The molecule has 0 bridgehead atoms. The van der Waals surface area contributed by atoms with E-state index in [1.165, 1.54) is 5.56 Å². The predicted molar refractivity (Wildman–Crippen MR) is 108 cm³/mol. The third-order valence-corrected chi connectivity index (χ3v) is 4.42. The van der Waals surface area contributed by atoms with E-state index in [1.54, 1.807) is 12.3 Å². The molecule has 0 aliphatic rings. The first kappa shape index (κ1) is 17.8. The Morgan fingerprint density at radius 2 is 1.89 bits per heavy atom. The Hall–Kier alpha value is -3.60. The summed E-state index contributed by atoms with van der Waals surface area (Å²) < 4.78 is 11.1. The van der Waals surface area contributed by atoms with Gasteiger partial charge in [-0.05, 0) is 31.2 Å². The molecule has 0 fully saturated rings. The number of amides is 1. The van der Waals surface area contributed by atoms with Crippen LogP contribution in [0.5, 0.6) is 5.75 Å². The highest BCUT2D eigenvalue weighted by Crippen LogP contribution is 2.30. The third kappa shape index (κ3) is 4.04. The number of hydrogen-bond acceptors (Lipinski definition) is 4. The predicted octanol–water partition coefficient (Wildman–Crippen LogP) is 4.50. The van der Waals surface area contributed by atoms with Gasteiger partial charge >= 0.3 is 0 Å². The second-order valence-corrected chi connectivity index (χ2v) is 6.53. The molecule has 0 saturated carbocycles. The summed E-state index contributed by atoms with van der Waals surface area (Å²) in [7, 11) is 0. The van der Waals surface area contributed by atoms with E-state index in [9.17, 15) is 4.79 Å². The first-order chi connectivity index (χ1) is 13.7. The van der Waals surface area contributed by atoms with Gasteiger partial charge in [0.2, 0.25) is 0 Å². The number of ether oxygens (including phenoxy) is 1. The minimum absolute atomic E-state index is 0.0813. The number of fused-ring (bicyclic) bond motifs is 1. The lowest BCUT2D eigenvalue weighted by Crippen LogP contribution is -2.28. The van der Waals surface area contributed by atoms with Gasteiger partial charge in [-0.1, -0.05) is 42.0 Å². The summed E-state index contributed by atoms with van der Waals surface area (Å²) in [5, 5.41) is 3.65. The molecular formula is C23H20N2O3. The first-order valence-electron chi connectivity index (χ1n) is 9.08. The molecule has 2 aromatic carbocycles. The van der Waals surface area contributed by atoms with Crippen molar-refractivity contribution in [1.82, 2.24) is 10.3 Å². The number of nitrogens with one attached hydrogen (secondary N) is 1. The summed E-state index contributed by atoms with van der Waals surface area (Å²) in [5.74, 6) is 1.12. The molecule has 0 saturated heterocycles. The normalized spacial score (nSPS) is 10.8. The van der Waals surface area contributed by atoms with Crippen LogP contribution in [0.1, 0.15) is 11.3 Å². The number of nitrogens with zero attached hydrogens (tertiary/aromatic N) is 1. The van der Waals surface area contributed by atoms with Crippen LogP contribution in [-0.2, 0) is 11.3 Å². The maximum absolute atomic E-state index is 12.1. The molecule has 4 rings (SSSR count). The van der Waals surface area contributed by atoms with Crippen LogP contribution in [0.4, 0.5) is 0 Å². The number of hydrogen-bond donors (Lipinski definition) is 1. The minimum Gasteiger partial charge on any atom is -0.483 e. The Balaban J connectivity index is 1.55. The molecule has 0 unspecified atom stereocenters. The van der Waals surface area contributed by atoms with E-state index in [0.717, 1.165) is 22.2 Å². The number of pyridine rings is 1. The molecule has 5 heteroatoms. The Labute approximate surface area is 163 Å². The van der Waals surface area contributed by atoms with Crippen molar-refractivity contribution in [2.45, 2.75) is 13.5 Å². The van der Waals surface area contributed by atoms with E-state index in [0.29, 0.717) is 18.1 Å². The summed E-state index contributed by atoms with van der Waals surface area (Å²) in [6, 6.07) is 21.4. The van der Waals surface area contributed by atoms with Gasteiger partial charge in [-0.3, -0.25) is 4.79 Å². The smallest absolute Gasteiger partial charge is 0.258 e. The Morgan fingerprint density at radius 1 is 1.07 bits per heavy atom. The van der Waals surface area contributed by atoms with Crippen molar-refractivity contribution in [2.75, 3.05) is 6.61 Å². The van der Waals surface area contributed by atoms with Gasteiger partial charge in [0.25, 0.3) is 5.91 Å². The van der Waals surface area contributed by atoms with Crippen molar-refractivity contribution < 1.29 is 13.9 Å². The lowest BCUT2D eigenvalue weighted by molar-refractivity contribution is -0.123. The number of carbonyl (C=O) groups excluding carboxylic acids is 1. The number of aryl methyl sites for hydroxylation is 1. The minimum atomic E-state index is -0.214. The molecule has 0 atom stereocenters. The highest BCUT2D eigenvalue weighted by molar-refractivity contribution is 5.88. The van der Waals surface area contributed by atoms with Gasteiger partial charge in [0.05, 0.1) is 24.0 Å². The van der Waals surface area contributed by atoms with Crippen LogP contribution in [-0.4, -0.2) is 17.5 Å². The van der Waals surface area contributed by atoms with Crippen molar-refractivity contribution in [3.63, 3.8) is 0 Å². The monoisotopic (exact) mass is 372 g/mol. The van der Waals surface area contributed by atoms with Gasteiger partial charge in [0, 0.05) is 17.0 Å². The summed E-state index contributed by atoms with van der Waals surface area (Å²) in [4.78, 5) is 16.9.